The summed E-state index contributed by atoms with van der Waals surface area (Å²) in [7, 11) is 1.57. The minimum atomic E-state index is 0.285. The van der Waals surface area contributed by atoms with Crippen LogP contribution < -0.4 is 4.74 Å². The van der Waals surface area contributed by atoms with E-state index in [1.807, 2.05) is 4.57 Å². The number of hydrogen-bond donors (Lipinski definition) is 0. The molecule has 0 unspecified atom stereocenters. The number of benzene rings is 1. The molecule has 1 aromatic carbocycles. The lowest BCUT2D eigenvalue weighted by Crippen LogP contribution is -2.03. The zero-order valence-electron chi connectivity index (χ0n) is 12.1. The molecular weight excluding hydrogens is 288 g/mol. The molecule has 0 aliphatic heterocycles. The summed E-state index contributed by atoms with van der Waals surface area (Å²) < 4.78 is 7.23. The number of fused-ring (bicyclic) bond motifs is 1. The van der Waals surface area contributed by atoms with E-state index in [4.69, 9.17) is 16.3 Å². The average Bonchev–Trinajstić information content (AvgIpc) is 2.88. The van der Waals surface area contributed by atoms with Crippen LogP contribution in [0.4, 0.5) is 0 Å². The van der Waals surface area contributed by atoms with E-state index < -0.39 is 0 Å². The molecule has 0 aliphatic rings. The maximum atomic E-state index is 6.07. The SMILES string of the molecule is COc1ncnc2c1nc(CCl)n2-c1cc(C)ccc1C. The van der Waals surface area contributed by atoms with Gasteiger partial charge in [-0.3, -0.25) is 4.57 Å². The van der Waals surface area contributed by atoms with Crippen molar-refractivity contribution in [2.24, 2.45) is 0 Å². The Morgan fingerprint density at radius 3 is 2.76 bits per heavy atom. The summed E-state index contributed by atoms with van der Waals surface area (Å²) in [6, 6.07) is 6.25. The Labute approximate surface area is 127 Å². The van der Waals surface area contributed by atoms with Crippen molar-refractivity contribution < 1.29 is 4.74 Å². The van der Waals surface area contributed by atoms with Crippen LogP contribution >= 0.6 is 11.6 Å². The molecule has 0 fully saturated rings. The van der Waals surface area contributed by atoms with E-state index in [0.717, 1.165) is 17.1 Å². The maximum absolute atomic E-state index is 6.07. The van der Waals surface area contributed by atoms with Crippen molar-refractivity contribution in [1.82, 2.24) is 19.5 Å². The van der Waals surface area contributed by atoms with Crippen molar-refractivity contribution in [1.29, 1.82) is 0 Å². The molecule has 3 rings (SSSR count). The Hall–Kier alpha value is -2.14. The van der Waals surface area contributed by atoms with Gasteiger partial charge in [0.25, 0.3) is 0 Å². The number of aromatic nitrogens is 4. The van der Waals surface area contributed by atoms with Crippen LogP contribution in [-0.4, -0.2) is 26.6 Å². The minimum Gasteiger partial charge on any atom is -0.479 e. The van der Waals surface area contributed by atoms with Crippen LogP contribution in [-0.2, 0) is 5.88 Å². The zero-order valence-corrected chi connectivity index (χ0v) is 12.8. The molecule has 0 atom stereocenters. The first-order valence-electron chi connectivity index (χ1n) is 6.55. The van der Waals surface area contributed by atoms with Crippen molar-refractivity contribution in [2.45, 2.75) is 19.7 Å². The first-order valence-corrected chi connectivity index (χ1v) is 7.09. The van der Waals surface area contributed by atoms with Gasteiger partial charge < -0.3 is 4.74 Å². The van der Waals surface area contributed by atoms with E-state index in [0.29, 0.717) is 17.0 Å². The standard InChI is InChI=1S/C15H15ClN4O/c1-9-4-5-10(2)11(6-9)20-12(7-16)19-13-14(20)17-8-18-15(13)21-3/h4-6,8H,7H2,1-3H3. The van der Waals surface area contributed by atoms with Gasteiger partial charge in [-0.15, -0.1) is 11.6 Å². The summed E-state index contributed by atoms with van der Waals surface area (Å²) in [5.74, 6) is 1.46. The summed E-state index contributed by atoms with van der Waals surface area (Å²) in [5, 5.41) is 0. The molecule has 5 nitrogen and oxygen atoms in total. The number of nitrogens with zero attached hydrogens (tertiary/aromatic N) is 4. The second kappa shape index (κ2) is 5.33. The molecule has 0 radical (unpaired) electrons. The highest BCUT2D eigenvalue weighted by atomic mass is 35.5. The Morgan fingerprint density at radius 2 is 2.05 bits per heavy atom. The summed E-state index contributed by atoms with van der Waals surface area (Å²) in [6.45, 7) is 4.11. The molecule has 108 valence electrons. The summed E-state index contributed by atoms with van der Waals surface area (Å²) in [4.78, 5) is 13.0. The Bertz CT molecular complexity index is 813. The van der Waals surface area contributed by atoms with E-state index in [1.54, 1.807) is 7.11 Å². The van der Waals surface area contributed by atoms with Crippen molar-refractivity contribution >= 4 is 22.8 Å². The Balaban J connectivity index is 2.38. The van der Waals surface area contributed by atoms with Crippen molar-refractivity contribution in [3.05, 3.63) is 41.5 Å². The van der Waals surface area contributed by atoms with Crippen LogP contribution in [0.5, 0.6) is 5.88 Å². The van der Waals surface area contributed by atoms with E-state index in [2.05, 4.69) is 47.0 Å². The maximum Gasteiger partial charge on any atom is 0.245 e. The van der Waals surface area contributed by atoms with Gasteiger partial charge in [0, 0.05) is 0 Å². The molecule has 0 bridgehead atoms. The number of imidazole rings is 1. The number of rotatable bonds is 3. The first-order chi connectivity index (χ1) is 10.2. The molecule has 21 heavy (non-hydrogen) atoms. The fourth-order valence-electron chi connectivity index (χ4n) is 2.37. The van der Waals surface area contributed by atoms with Crippen LogP contribution in [0.2, 0.25) is 0 Å². The largest absolute Gasteiger partial charge is 0.479 e. The van der Waals surface area contributed by atoms with E-state index in [1.165, 1.54) is 11.9 Å². The van der Waals surface area contributed by atoms with E-state index in [-0.39, 0.29) is 5.88 Å². The lowest BCUT2D eigenvalue weighted by molar-refractivity contribution is 0.401. The first kappa shape index (κ1) is 13.8. The molecule has 3 aromatic rings. The number of alkyl halides is 1. The summed E-state index contributed by atoms with van der Waals surface area (Å²) in [6.07, 6.45) is 1.47. The quantitative estimate of drug-likeness (QED) is 0.697. The molecular formula is C15H15ClN4O. The molecule has 0 saturated heterocycles. The van der Waals surface area contributed by atoms with Gasteiger partial charge in [-0.1, -0.05) is 12.1 Å². The van der Waals surface area contributed by atoms with Gasteiger partial charge in [0.05, 0.1) is 18.7 Å². The topological polar surface area (TPSA) is 52.8 Å². The van der Waals surface area contributed by atoms with Gasteiger partial charge in [0.2, 0.25) is 5.88 Å². The third-order valence-electron chi connectivity index (χ3n) is 3.40. The lowest BCUT2D eigenvalue weighted by Gasteiger charge is -2.11. The van der Waals surface area contributed by atoms with Crippen molar-refractivity contribution in [2.75, 3.05) is 7.11 Å². The molecule has 0 N–H and O–H groups in total. The van der Waals surface area contributed by atoms with Crippen LogP contribution in [0.25, 0.3) is 16.9 Å². The second-order valence-corrected chi connectivity index (χ2v) is 5.11. The second-order valence-electron chi connectivity index (χ2n) is 4.84. The zero-order chi connectivity index (χ0) is 15.0. The Kier molecular flexibility index (Phi) is 3.51. The molecule has 0 aliphatic carbocycles. The third-order valence-corrected chi connectivity index (χ3v) is 3.64. The normalized spacial score (nSPS) is 11.0. The minimum absolute atomic E-state index is 0.285. The number of aryl methyl sites for hydroxylation is 2. The van der Waals surface area contributed by atoms with Gasteiger partial charge in [-0.2, -0.15) is 4.98 Å². The smallest absolute Gasteiger partial charge is 0.245 e. The third kappa shape index (κ3) is 2.23. The number of ether oxygens (including phenoxy) is 1. The van der Waals surface area contributed by atoms with Gasteiger partial charge in [0.1, 0.15) is 12.2 Å². The van der Waals surface area contributed by atoms with Crippen LogP contribution in [0.1, 0.15) is 17.0 Å². The highest BCUT2D eigenvalue weighted by molar-refractivity contribution is 6.17. The molecule has 0 spiro atoms. The fraction of sp³-hybridized carbons (Fsp3) is 0.267. The molecule has 0 saturated carbocycles. The average molecular weight is 303 g/mol. The predicted octanol–water partition coefficient (Wildman–Crippen LogP) is 3.18. The van der Waals surface area contributed by atoms with Crippen LogP contribution in [0.3, 0.4) is 0 Å². The summed E-state index contributed by atoms with van der Waals surface area (Å²) >= 11 is 6.07. The van der Waals surface area contributed by atoms with Gasteiger partial charge >= 0.3 is 0 Å². The van der Waals surface area contributed by atoms with Crippen molar-refractivity contribution in [3.8, 4) is 11.6 Å². The Morgan fingerprint density at radius 1 is 1.24 bits per heavy atom. The van der Waals surface area contributed by atoms with E-state index >= 15 is 0 Å². The highest BCUT2D eigenvalue weighted by Crippen LogP contribution is 2.27. The molecule has 0 amide bonds. The molecule has 6 heteroatoms. The van der Waals surface area contributed by atoms with Gasteiger partial charge in [-0.05, 0) is 31.0 Å². The lowest BCUT2D eigenvalue weighted by atomic mass is 10.1. The number of methoxy groups -OCH3 is 1. The van der Waals surface area contributed by atoms with Crippen LogP contribution in [0, 0.1) is 13.8 Å². The number of hydrogen-bond acceptors (Lipinski definition) is 4. The molecule has 2 aromatic heterocycles. The fourth-order valence-corrected chi connectivity index (χ4v) is 2.55. The predicted molar refractivity (Wildman–Crippen MR) is 82.2 cm³/mol. The van der Waals surface area contributed by atoms with Crippen LogP contribution in [0.15, 0.2) is 24.5 Å². The van der Waals surface area contributed by atoms with Gasteiger partial charge in [0.15, 0.2) is 11.2 Å². The van der Waals surface area contributed by atoms with Crippen molar-refractivity contribution in [3.63, 3.8) is 0 Å². The number of halogens is 1. The molecule has 2 heterocycles. The highest BCUT2D eigenvalue weighted by Gasteiger charge is 2.18. The summed E-state index contributed by atoms with van der Waals surface area (Å²) in [5.41, 5.74) is 4.64. The van der Waals surface area contributed by atoms with E-state index in [9.17, 15) is 0 Å². The monoisotopic (exact) mass is 302 g/mol. The van der Waals surface area contributed by atoms with Gasteiger partial charge in [-0.25, -0.2) is 9.97 Å².